The highest BCUT2D eigenvalue weighted by atomic mass is 32.2. The lowest BCUT2D eigenvalue weighted by atomic mass is 10.2. The molecule has 0 unspecified atom stereocenters. The highest BCUT2D eigenvalue weighted by Gasteiger charge is 2.30. The summed E-state index contributed by atoms with van der Waals surface area (Å²) in [6.07, 6.45) is 0.451. The Kier molecular flexibility index (Phi) is 4.12. The molecule has 0 aliphatic carbocycles. The number of aryl methyl sites for hydroxylation is 1. The fourth-order valence-electron chi connectivity index (χ4n) is 1.98. The van der Waals surface area contributed by atoms with Crippen LogP contribution in [-0.4, -0.2) is 24.3 Å². The minimum atomic E-state index is -4.34. The molecule has 5 nitrogen and oxygen atoms in total. The first kappa shape index (κ1) is 15.6. The van der Waals surface area contributed by atoms with E-state index < -0.39 is 11.7 Å². The maximum absolute atomic E-state index is 12.6. The van der Waals surface area contributed by atoms with Crippen LogP contribution in [-0.2, 0) is 19.0 Å². The Balaban J connectivity index is 1.79. The zero-order chi connectivity index (χ0) is 16.4. The molecule has 1 aromatic carbocycles. The van der Waals surface area contributed by atoms with Gasteiger partial charge in [0.1, 0.15) is 12.2 Å². The number of benzene rings is 1. The molecule has 0 bridgehead atoms. The van der Waals surface area contributed by atoms with Crippen LogP contribution in [0.1, 0.15) is 11.4 Å². The average Bonchev–Trinajstić information content (AvgIpc) is 3.13. The van der Waals surface area contributed by atoms with E-state index in [1.54, 1.807) is 28.7 Å². The van der Waals surface area contributed by atoms with E-state index >= 15 is 0 Å². The predicted octanol–water partition coefficient (Wildman–Crippen LogP) is 3.31. The van der Waals surface area contributed by atoms with Crippen molar-refractivity contribution in [2.45, 2.75) is 17.1 Å². The highest BCUT2D eigenvalue weighted by molar-refractivity contribution is 7.98. The summed E-state index contributed by atoms with van der Waals surface area (Å²) in [5.74, 6) is 1.35. The van der Waals surface area contributed by atoms with E-state index in [-0.39, 0.29) is 0 Å². The molecule has 0 atom stereocenters. The van der Waals surface area contributed by atoms with E-state index in [1.165, 1.54) is 30.2 Å². The lowest BCUT2D eigenvalue weighted by Crippen LogP contribution is -2.05. The van der Waals surface area contributed by atoms with Crippen LogP contribution >= 0.6 is 11.8 Å². The van der Waals surface area contributed by atoms with Crippen LogP contribution < -0.4 is 0 Å². The fraction of sp³-hybridized carbons (Fsp3) is 0.214. The number of thioether (sulfide) groups is 1. The molecule has 0 saturated carbocycles. The Morgan fingerprint density at radius 1 is 1.13 bits per heavy atom. The van der Waals surface area contributed by atoms with Crippen molar-refractivity contribution in [1.29, 1.82) is 0 Å². The highest BCUT2D eigenvalue weighted by Crippen LogP contribution is 2.30. The smallest absolute Gasteiger partial charge is 0.295 e. The Hall–Kier alpha value is -2.29. The van der Waals surface area contributed by atoms with E-state index in [0.717, 1.165) is 18.0 Å². The second-order valence-corrected chi connectivity index (χ2v) is 5.66. The molecular weight excluding hydrogens is 327 g/mol. The number of imidazole rings is 1. The van der Waals surface area contributed by atoms with Crippen LogP contribution in [0.15, 0.2) is 48.1 Å². The molecule has 3 aromatic rings. The normalized spacial score (nSPS) is 11.8. The van der Waals surface area contributed by atoms with Crippen LogP contribution in [0.3, 0.4) is 0 Å². The van der Waals surface area contributed by atoms with Crippen molar-refractivity contribution in [3.05, 3.63) is 54.4 Å². The molecule has 0 N–H and O–H groups in total. The topological polar surface area (TPSA) is 48.5 Å². The third kappa shape index (κ3) is 3.39. The lowest BCUT2D eigenvalue weighted by molar-refractivity contribution is -0.137. The Bertz CT molecular complexity index is 791. The van der Waals surface area contributed by atoms with Crippen molar-refractivity contribution >= 4 is 11.8 Å². The molecule has 0 aliphatic rings. The molecule has 0 saturated heterocycles. The Morgan fingerprint density at radius 3 is 2.48 bits per heavy atom. The molecule has 0 spiro atoms. The number of hydrogen-bond donors (Lipinski definition) is 0. The van der Waals surface area contributed by atoms with E-state index in [9.17, 15) is 13.2 Å². The number of alkyl halides is 3. The third-order valence-corrected chi connectivity index (χ3v) is 4.18. The van der Waals surface area contributed by atoms with Gasteiger partial charge in [0.15, 0.2) is 5.16 Å². The molecule has 2 heterocycles. The third-order valence-electron chi connectivity index (χ3n) is 3.22. The molecule has 9 heteroatoms. The summed E-state index contributed by atoms with van der Waals surface area (Å²) in [4.78, 5) is 8.36. The van der Waals surface area contributed by atoms with Crippen molar-refractivity contribution in [2.75, 3.05) is 0 Å². The number of aromatic nitrogens is 5. The van der Waals surface area contributed by atoms with Crippen LogP contribution in [0.5, 0.6) is 0 Å². The SMILES string of the molecule is Cn1ncnc1CSc1nccn1-c1ccc(C(F)(F)F)cc1. The second-order valence-electron chi connectivity index (χ2n) is 4.71. The number of nitrogens with zero attached hydrogens (tertiary/aromatic N) is 5. The van der Waals surface area contributed by atoms with Gasteiger partial charge in [-0.2, -0.15) is 18.3 Å². The zero-order valence-corrected chi connectivity index (χ0v) is 12.8. The van der Waals surface area contributed by atoms with Crippen molar-refractivity contribution in [3.8, 4) is 5.69 Å². The average molecular weight is 339 g/mol. The quantitative estimate of drug-likeness (QED) is 0.684. The first-order valence-corrected chi connectivity index (χ1v) is 7.60. The summed E-state index contributed by atoms with van der Waals surface area (Å²) >= 11 is 1.44. The lowest BCUT2D eigenvalue weighted by Gasteiger charge is -2.10. The number of rotatable bonds is 4. The summed E-state index contributed by atoms with van der Waals surface area (Å²) in [5.41, 5.74) is -0.0504. The summed E-state index contributed by atoms with van der Waals surface area (Å²) in [5, 5.41) is 4.66. The van der Waals surface area contributed by atoms with Crippen LogP contribution in [0.2, 0.25) is 0 Å². The molecule has 120 valence electrons. The van der Waals surface area contributed by atoms with E-state index in [4.69, 9.17) is 0 Å². The summed E-state index contributed by atoms with van der Waals surface area (Å²) in [6.45, 7) is 0. The molecule has 0 fully saturated rings. The van der Waals surface area contributed by atoms with Gasteiger partial charge in [0.05, 0.1) is 11.3 Å². The summed E-state index contributed by atoms with van der Waals surface area (Å²) in [6, 6.07) is 4.98. The Labute approximate surface area is 134 Å². The minimum Gasteiger partial charge on any atom is -0.295 e. The summed E-state index contributed by atoms with van der Waals surface area (Å²) < 4.78 is 41.3. The van der Waals surface area contributed by atoms with Crippen molar-refractivity contribution in [2.24, 2.45) is 7.05 Å². The molecule has 23 heavy (non-hydrogen) atoms. The Morgan fingerprint density at radius 2 is 1.87 bits per heavy atom. The standard InChI is InChI=1S/C14H12F3N5S/c1-21-12(19-9-20-21)8-23-13-18-6-7-22(13)11-4-2-10(3-5-11)14(15,16)17/h2-7,9H,8H2,1H3. The summed E-state index contributed by atoms with van der Waals surface area (Å²) in [7, 11) is 1.80. The van der Waals surface area contributed by atoms with Crippen molar-refractivity contribution in [1.82, 2.24) is 24.3 Å². The molecule has 3 rings (SSSR count). The fourth-order valence-corrected chi connectivity index (χ4v) is 2.94. The number of halogens is 3. The van der Waals surface area contributed by atoms with Gasteiger partial charge in [-0.25, -0.2) is 9.97 Å². The van der Waals surface area contributed by atoms with Gasteiger partial charge in [-0.15, -0.1) is 0 Å². The zero-order valence-electron chi connectivity index (χ0n) is 12.0. The maximum Gasteiger partial charge on any atom is 0.416 e. The largest absolute Gasteiger partial charge is 0.416 e. The minimum absolute atomic E-state index is 0.564. The predicted molar refractivity (Wildman–Crippen MR) is 79.1 cm³/mol. The van der Waals surface area contributed by atoms with Gasteiger partial charge in [0, 0.05) is 25.1 Å². The first-order valence-electron chi connectivity index (χ1n) is 6.62. The second kappa shape index (κ2) is 6.07. The van der Waals surface area contributed by atoms with Gasteiger partial charge < -0.3 is 0 Å². The van der Waals surface area contributed by atoms with Gasteiger partial charge in [-0.3, -0.25) is 9.25 Å². The van der Waals surface area contributed by atoms with Crippen LogP contribution in [0, 0.1) is 0 Å². The number of hydrogen-bond acceptors (Lipinski definition) is 4. The van der Waals surface area contributed by atoms with Gasteiger partial charge in [-0.1, -0.05) is 11.8 Å². The molecule has 0 aliphatic heterocycles. The van der Waals surface area contributed by atoms with Crippen LogP contribution in [0.4, 0.5) is 13.2 Å². The van der Waals surface area contributed by atoms with Crippen molar-refractivity contribution in [3.63, 3.8) is 0 Å². The van der Waals surface area contributed by atoms with E-state index in [0.29, 0.717) is 16.6 Å². The van der Waals surface area contributed by atoms with Gasteiger partial charge in [0.25, 0.3) is 0 Å². The van der Waals surface area contributed by atoms with Gasteiger partial charge >= 0.3 is 6.18 Å². The van der Waals surface area contributed by atoms with Crippen molar-refractivity contribution < 1.29 is 13.2 Å². The molecular formula is C14H12F3N5S. The van der Waals surface area contributed by atoms with Crippen LogP contribution in [0.25, 0.3) is 5.69 Å². The molecule has 2 aromatic heterocycles. The first-order chi connectivity index (χ1) is 10.9. The maximum atomic E-state index is 12.6. The molecule has 0 radical (unpaired) electrons. The van der Waals surface area contributed by atoms with Gasteiger partial charge in [0.2, 0.25) is 0 Å². The van der Waals surface area contributed by atoms with E-state index in [2.05, 4.69) is 15.1 Å². The molecule has 0 amide bonds. The van der Waals surface area contributed by atoms with Gasteiger partial charge in [-0.05, 0) is 24.3 Å². The monoisotopic (exact) mass is 339 g/mol. The van der Waals surface area contributed by atoms with E-state index in [1.807, 2.05) is 0 Å².